The molecular weight excluding hydrogens is 370 g/mol. The van der Waals surface area contributed by atoms with Gasteiger partial charge in [0.25, 0.3) is 5.91 Å². The predicted molar refractivity (Wildman–Crippen MR) is 94.2 cm³/mol. The zero-order valence-corrected chi connectivity index (χ0v) is 14.6. The van der Waals surface area contributed by atoms with Crippen LogP contribution in [0.1, 0.15) is 34.5 Å². The first kappa shape index (κ1) is 17.7. The molecule has 1 atom stereocenters. The molecule has 0 aromatic heterocycles. The molecular formula is C18H16BrN3O2. The summed E-state index contributed by atoms with van der Waals surface area (Å²) in [7, 11) is 0. The molecule has 5 nitrogen and oxygen atoms in total. The predicted octanol–water partition coefficient (Wildman–Crippen LogP) is 2.93. The summed E-state index contributed by atoms with van der Waals surface area (Å²) < 4.78 is 0.800. The summed E-state index contributed by atoms with van der Waals surface area (Å²) in [4.78, 5) is 24.0. The molecule has 0 fully saturated rings. The smallest absolute Gasteiger partial charge is 0.251 e. The van der Waals surface area contributed by atoms with Gasteiger partial charge in [0.05, 0.1) is 24.2 Å². The molecule has 0 spiro atoms. The van der Waals surface area contributed by atoms with E-state index in [-0.39, 0.29) is 24.4 Å². The SMILES string of the molecule is CC(NC(=O)CNC(=O)c1cccc(Br)c1)c1ccc(C#N)cc1. The van der Waals surface area contributed by atoms with Gasteiger partial charge in [0.15, 0.2) is 0 Å². The van der Waals surface area contributed by atoms with Crippen molar-refractivity contribution in [3.05, 3.63) is 69.7 Å². The number of carbonyl (C=O) groups excluding carboxylic acids is 2. The Hall–Kier alpha value is -2.65. The van der Waals surface area contributed by atoms with Crippen molar-refractivity contribution in [2.45, 2.75) is 13.0 Å². The molecule has 0 bridgehead atoms. The maximum Gasteiger partial charge on any atom is 0.251 e. The van der Waals surface area contributed by atoms with E-state index >= 15 is 0 Å². The summed E-state index contributed by atoms with van der Waals surface area (Å²) in [6, 6.07) is 15.8. The number of amides is 2. The van der Waals surface area contributed by atoms with Crippen LogP contribution in [0.4, 0.5) is 0 Å². The normalized spacial score (nSPS) is 11.2. The first-order valence-corrected chi connectivity index (χ1v) is 8.12. The van der Waals surface area contributed by atoms with Crippen LogP contribution < -0.4 is 10.6 Å². The van der Waals surface area contributed by atoms with Gasteiger partial charge in [0.1, 0.15) is 0 Å². The second kappa shape index (κ2) is 8.27. The maximum absolute atomic E-state index is 12.0. The lowest BCUT2D eigenvalue weighted by Gasteiger charge is -2.14. The van der Waals surface area contributed by atoms with E-state index in [1.165, 1.54) is 0 Å². The van der Waals surface area contributed by atoms with Crippen molar-refractivity contribution in [1.82, 2.24) is 10.6 Å². The average Bonchev–Trinajstić information content (AvgIpc) is 2.59. The minimum atomic E-state index is -0.308. The molecule has 0 saturated carbocycles. The van der Waals surface area contributed by atoms with Crippen molar-refractivity contribution in [3.8, 4) is 6.07 Å². The molecule has 2 aromatic carbocycles. The van der Waals surface area contributed by atoms with E-state index in [1.807, 2.05) is 19.1 Å². The van der Waals surface area contributed by atoms with Gasteiger partial charge in [0.2, 0.25) is 5.91 Å². The highest BCUT2D eigenvalue weighted by Gasteiger charge is 2.12. The van der Waals surface area contributed by atoms with Crippen LogP contribution in [-0.2, 0) is 4.79 Å². The molecule has 0 aliphatic rings. The van der Waals surface area contributed by atoms with Crippen molar-refractivity contribution in [2.24, 2.45) is 0 Å². The standard InChI is InChI=1S/C18H16BrN3O2/c1-12(14-7-5-13(10-20)6-8-14)22-17(23)11-21-18(24)15-3-2-4-16(19)9-15/h2-9,12H,11H2,1H3,(H,21,24)(H,22,23). The molecule has 2 aromatic rings. The Morgan fingerprint density at radius 2 is 1.92 bits per heavy atom. The lowest BCUT2D eigenvalue weighted by Crippen LogP contribution is -2.38. The van der Waals surface area contributed by atoms with Crippen LogP contribution in [0, 0.1) is 11.3 Å². The van der Waals surface area contributed by atoms with Crippen molar-refractivity contribution in [1.29, 1.82) is 5.26 Å². The quantitative estimate of drug-likeness (QED) is 0.829. The number of hydrogen-bond acceptors (Lipinski definition) is 3. The van der Waals surface area contributed by atoms with Crippen molar-refractivity contribution in [3.63, 3.8) is 0 Å². The van der Waals surface area contributed by atoms with Crippen molar-refractivity contribution >= 4 is 27.7 Å². The third-order valence-electron chi connectivity index (χ3n) is 3.41. The van der Waals surface area contributed by atoms with Gasteiger partial charge < -0.3 is 10.6 Å². The fourth-order valence-corrected chi connectivity index (χ4v) is 2.51. The zero-order valence-electron chi connectivity index (χ0n) is 13.0. The monoisotopic (exact) mass is 385 g/mol. The number of halogens is 1. The van der Waals surface area contributed by atoms with E-state index in [2.05, 4.69) is 26.6 Å². The highest BCUT2D eigenvalue weighted by molar-refractivity contribution is 9.10. The van der Waals surface area contributed by atoms with Gasteiger partial charge >= 0.3 is 0 Å². The van der Waals surface area contributed by atoms with Gasteiger partial charge in [-0.15, -0.1) is 0 Å². The summed E-state index contributed by atoms with van der Waals surface area (Å²) in [6.45, 7) is 1.74. The Kier molecular flexibility index (Phi) is 6.10. The van der Waals surface area contributed by atoms with E-state index in [9.17, 15) is 9.59 Å². The van der Waals surface area contributed by atoms with Crippen LogP contribution >= 0.6 is 15.9 Å². The average molecular weight is 386 g/mol. The molecule has 2 N–H and O–H groups in total. The van der Waals surface area contributed by atoms with Crippen LogP contribution in [0.3, 0.4) is 0 Å². The Bertz CT molecular complexity index is 782. The van der Waals surface area contributed by atoms with Crippen LogP contribution in [-0.4, -0.2) is 18.4 Å². The topological polar surface area (TPSA) is 82.0 Å². The van der Waals surface area contributed by atoms with Crippen LogP contribution in [0.25, 0.3) is 0 Å². The molecule has 0 saturated heterocycles. The molecule has 2 amide bonds. The number of nitriles is 1. The number of hydrogen-bond donors (Lipinski definition) is 2. The van der Waals surface area contributed by atoms with Gasteiger partial charge in [-0.3, -0.25) is 9.59 Å². The van der Waals surface area contributed by atoms with E-state index in [0.717, 1.165) is 10.0 Å². The fourth-order valence-electron chi connectivity index (χ4n) is 2.11. The Morgan fingerprint density at radius 1 is 1.21 bits per heavy atom. The molecule has 24 heavy (non-hydrogen) atoms. The van der Waals surface area contributed by atoms with Crippen LogP contribution in [0.5, 0.6) is 0 Å². The number of nitrogens with one attached hydrogen (secondary N) is 2. The summed E-state index contributed by atoms with van der Waals surface area (Å²) >= 11 is 3.30. The van der Waals surface area contributed by atoms with Gasteiger partial charge in [-0.25, -0.2) is 0 Å². The van der Waals surface area contributed by atoms with E-state index in [1.54, 1.807) is 42.5 Å². The first-order chi connectivity index (χ1) is 11.5. The summed E-state index contributed by atoms with van der Waals surface area (Å²) in [5.74, 6) is -0.590. The molecule has 1 unspecified atom stereocenters. The van der Waals surface area contributed by atoms with Crippen LogP contribution in [0.15, 0.2) is 53.0 Å². The number of rotatable bonds is 5. The van der Waals surface area contributed by atoms with Gasteiger partial charge in [0, 0.05) is 10.0 Å². The lowest BCUT2D eigenvalue weighted by molar-refractivity contribution is -0.120. The lowest BCUT2D eigenvalue weighted by atomic mass is 10.1. The van der Waals surface area contributed by atoms with Gasteiger partial charge in [-0.1, -0.05) is 34.1 Å². The minimum Gasteiger partial charge on any atom is -0.348 e. The molecule has 0 aliphatic carbocycles. The number of benzene rings is 2. The Labute approximate surface area is 148 Å². The van der Waals surface area contributed by atoms with Gasteiger partial charge in [-0.05, 0) is 42.8 Å². The van der Waals surface area contributed by atoms with E-state index < -0.39 is 0 Å². The Morgan fingerprint density at radius 3 is 2.54 bits per heavy atom. The minimum absolute atomic E-state index is 0.105. The largest absolute Gasteiger partial charge is 0.348 e. The summed E-state index contributed by atoms with van der Waals surface area (Å²) in [5.41, 5.74) is 1.94. The number of carbonyl (C=O) groups is 2. The van der Waals surface area contributed by atoms with E-state index in [4.69, 9.17) is 5.26 Å². The van der Waals surface area contributed by atoms with Crippen molar-refractivity contribution in [2.75, 3.05) is 6.54 Å². The third kappa shape index (κ3) is 4.93. The second-order valence-corrected chi connectivity index (χ2v) is 6.13. The molecule has 0 heterocycles. The molecule has 2 rings (SSSR count). The first-order valence-electron chi connectivity index (χ1n) is 7.33. The third-order valence-corrected chi connectivity index (χ3v) is 3.91. The van der Waals surface area contributed by atoms with E-state index in [0.29, 0.717) is 11.1 Å². The van der Waals surface area contributed by atoms with Crippen LogP contribution in [0.2, 0.25) is 0 Å². The maximum atomic E-state index is 12.0. The Balaban J connectivity index is 1.86. The van der Waals surface area contributed by atoms with Crippen molar-refractivity contribution < 1.29 is 9.59 Å². The molecule has 0 aliphatic heterocycles. The number of nitrogens with zero attached hydrogens (tertiary/aromatic N) is 1. The zero-order chi connectivity index (χ0) is 17.5. The van der Waals surface area contributed by atoms with Gasteiger partial charge in [-0.2, -0.15) is 5.26 Å². The fraction of sp³-hybridized carbons (Fsp3) is 0.167. The highest BCUT2D eigenvalue weighted by Crippen LogP contribution is 2.13. The molecule has 122 valence electrons. The molecule has 6 heteroatoms. The highest BCUT2D eigenvalue weighted by atomic mass is 79.9. The second-order valence-electron chi connectivity index (χ2n) is 5.22. The summed E-state index contributed by atoms with van der Waals surface area (Å²) in [6.07, 6.45) is 0. The molecule has 0 radical (unpaired) electrons. The summed E-state index contributed by atoms with van der Waals surface area (Å²) in [5, 5.41) is 14.2.